The molecule has 0 saturated heterocycles. The summed E-state index contributed by atoms with van der Waals surface area (Å²) in [6.07, 6.45) is 0.674. The molecule has 0 radical (unpaired) electrons. The molecule has 0 bridgehead atoms. The molecule has 0 saturated carbocycles. The summed E-state index contributed by atoms with van der Waals surface area (Å²) in [5.74, 6) is 0.968. The molecule has 90 valence electrons. The Hall–Kier alpha value is -1.26. The summed E-state index contributed by atoms with van der Waals surface area (Å²) in [5, 5.41) is 8.91. The lowest BCUT2D eigenvalue weighted by Gasteiger charge is -1.98. The van der Waals surface area contributed by atoms with Crippen LogP contribution in [0.5, 0.6) is 0 Å². The normalized spacial score (nSPS) is 14.3. The van der Waals surface area contributed by atoms with Crippen LogP contribution in [0.25, 0.3) is 11.0 Å². The number of halogens is 2. The van der Waals surface area contributed by atoms with E-state index < -0.39 is 0 Å². The van der Waals surface area contributed by atoms with Gasteiger partial charge in [-0.2, -0.15) is 0 Å². The highest BCUT2D eigenvalue weighted by Gasteiger charge is 2.13. The minimum atomic E-state index is 0. The standard InChI is InChI=1S/C11H10ClN3O.ClH/c12-7-1-2-10-8(5-7)9(15-16-10)6-11-13-3-4-14-11;/h1-2,5H,3-4,6H2,(H,13,14);1H. The molecule has 2 aromatic rings. The predicted molar refractivity (Wildman–Crippen MR) is 70.3 cm³/mol. The van der Waals surface area contributed by atoms with Crippen LogP contribution in [0, 0.1) is 0 Å². The van der Waals surface area contributed by atoms with Crippen LogP contribution >= 0.6 is 24.0 Å². The molecule has 0 atom stereocenters. The fraction of sp³-hybridized carbons (Fsp3) is 0.273. The lowest BCUT2D eigenvalue weighted by molar-refractivity contribution is 0.449. The van der Waals surface area contributed by atoms with Gasteiger partial charge in [0.1, 0.15) is 5.84 Å². The highest BCUT2D eigenvalue weighted by atomic mass is 35.5. The largest absolute Gasteiger partial charge is 0.372 e. The fourth-order valence-electron chi connectivity index (χ4n) is 1.81. The van der Waals surface area contributed by atoms with Crippen molar-refractivity contribution < 1.29 is 4.52 Å². The summed E-state index contributed by atoms with van der Waals surface area (Å²) in [5.41, 5.74) is 1.64. The van der Waals surface area contributed by atoms with Gasteiger partial charge in [0.05, 0.1) is 18.7 Å². The zero-order valence-corrected chi connectivity index (χ0v) is 10.5. The van der Waals surface area contributed by atoms with Crippen molar-refractivity contribution in [1.29, 1.82) is 0 Å². The third-order valence-corrected chi connectivity index (χ3v) is 2.82. The van der Waals surface area contributed by atoms with Crippen molar-refractivity contribution >= 4 is 40.8 Å². The predicted octanol–water partition coefficient (Wildman–Crippen LogP) is 2.45. The van der Waals surface area contributed by atoms with Gasteiger partial charge in [-0.15, -0.1) is 12.4 Å². The first-order valence-corrected chi connectivity index (χ1v) is 5.52. The van der Waals surface area contributed by atoms with E-state index in [-0.39, 0.29) is 12.4 Å². The summed E-state index contributed by atoms with van der Waals surface area (Å²) in [6, 6.07) is 5.50. The summed E-state index contributed by atoms with van der Waals surface area (Å²) in [7, 11) is 0. The first-order chi connectivity index (χ1) is 7.83. The Labute approximate surface area is 109 Å². The summed E-state index contributed by atoms with van der Waals surface area (Å²) in [6.45, 7) is 1.75. The lowest BCUT2D eigenvalue weighted by Crippen LogP contribution is -2.20. The first kappa shape index (κ1) is 12.2. The van der Waals surface area contributed by atoms with E-state index in [0.717, 1.165) is 35.6 Å². The van der Waals surface area contributed by atoms with Crippen LogP contribution in [0.4, 0.5) is 0 Å². The Morgan fingerprint density at radius 3 is 3.06 bits per heavy atom. The van der Waals surface area contributed by atoms with E-state index in [2.05, 4.69) is 15.5 Å². The fourth-order valence-corrected chi connectivity index (χ4v) is 1.98. The molecule has 0 aliphatic carbocycles. The van der Waals surface area contributed by atoms with E-state index in [1.807, 2.05) is 12.1 Å². The van der Waals surface area contributed by atoms with Crippen molar-refractivity contribution in [3.8, 4) is 0 Å². The Kier molecular flexibility index (Phi) is 3.54. The molecular formula is C11H11Cl2N3O. The minimum absolute atomic E-state index is 0. The zero-order chi connectivity index (χ0) is 11.0. The molecular weight excluding hydrogens is 261 g/mol. The van der Waals surface area contributed by atoms with E-state index in [1.54, 1.807) is 6.07 Å². The Balaban J connectivity index is 0.00000108. The molecule has 1 N–H and O–H groups in total. The lowest BCUT2D eigenvalue weighted by atomic mass is 10.1. The SMILES string of the molecule is Cl.Clc1ccc2onc(CC3=NCCN3)c2c1. The third kappa shape index (κ3) is 2.37. The third-order valence-electron chi connectivity index (χ3n) is 2.59. The van der Waals surface area contributed by atoms with Gasteiger partial charge < -0.3 is 9.84 Å². The maximum atomic E-state index is 5.95. The van der Waals surface area contributed by atoms with Crippen LogP contribution in [-0.4, -0.2) is 24.1 Å². The number of rotatable bonds is 2. The van der Waals surface area contributed by atoms with Gasteiger partial charge in [-0.3, -0.25) is 4.99 Å². The maximum Gasteiger partial charge on any atom is 0.167 e. The van der Waals surface area contributed by atoms with Gasteiger partial charge in [0, 0.05) is 17.0 Å². The number of aromatic nitrogens is 1. The molecule has 0 fully saturated rings. The number of hydrogen-bond donors (Lipinski definition) is 1. The second-order valence-corrected chi connectivity index (χ2v) is 4.14. The number of benzene rings is 1. The van der Waals surface area contributed by atoms with Crippen molar-refractivity contribution in [3.63, 3.8) is 0 Å². The van der Waals surface area contributed by atoms with Crippen molar-refractivity contribution in [2.75, 3.05) is 13.1 Å². The smallest absolute Gasteiger partial charge is 0.167 e. The molecule has 17 heavy (non-hydrogen) atoms. The van der Waals surface area contributed by atoms with Gasteiger partial charge >= 0.3 is 0 Å². The Morgan fingerprint density at radius 2 is 2.29 bits per heavy atom. The van der Waals surface area contributed by atoms with Crippen LogP contribution in [0.15, 0.2) is 27.7 Å². The van der Waals surface area contributed by atoms with Crippen molar-refractivity contribution in [2.45, 2.75) is 6.42 Å². The highest BCUT2D eigenvalue weighted by molar-refractivity contribution is 6.31. The average molecular weight is 272 g/mol. The molecule has 2 heterocycles. The van der Waals surface area contributed by atoms with Gasteiger partial charge in [-0.25, -0.2) is 0 Å². The first-order valence-electron chi connectivity index (χ1n) is 5.14. The quantitative estimate of drug-likeness (QED) is 0.913. The van der Waals surface area contributed by atoms with Gasteiger partial charge in [0.2, 0.25) is 0 Å². The molecule has 1 aromatic heterocycles. The molecule has 0 spiro atoms. The Morgan fingerprint density at radius 1 is 1.41 bits per heavy atom. The summed E-state index contributed by atoms with van der Waals surface area (Å²) < 4.78 is 5.22. The molecule has 4 nitrogen and oxygen atoms in total. The monoisotopic (exact) mass is 271 g/mol. The zero-order valence-electron chi connectivity index (χ0n) is 8.94. The van der Waals surface area contributed by atoms with E-state index in [4.69, 9.17) is 16.1 Å². The number of nitrogens with zero attached hydrogens (tertiary/aromatic N) is 2. The second-order valence-electron chi connectivity index (χ2n) is 3.70. The molecule has 0 amide bonds. The van der Waals surface area contributed by atoms with Crippen LogP contribution in [0.1, 0.15) is 5.69 Å². The Bertz CT molecular complexity index is 565. The van der Waals surface area contributed by atoms with Crippen LogP contribution < -0.4 is 5.32 Å². The minimum Gasteiger partial charge on any atom is -0.372 e. The number of hydrogen-bond acceptors (Lipinski definition) is 4. The number of amidine groups is 1. The van der Waals surface area contributed by atoms with E-state index in [9.17, 15) is 0 Å². The molecule has 3 rings (SSSR count). The molecule has 1 aromatic carbocycles. The van der Waals surface area contributed by atoms with Crippen molar-refractivity contribution in [1.82, 2.24) is 10.5 Å². The van der Waals surface area contributed by atoms with Crippen molar-refractivity contribution in [2.24, 2.45) is 4.99 Å². The second kappa shape index (κ2) is 4.94. The maximum absolute atomic E-state index is 5.95. The van der Waals surface area contributed by atoms with Gasteiger partial charge in [0.15, 0.2) is 5.58 Å². The topological polar surface area (TPSA) is 50.4 Å². The number of fused-ring (bicyclic) bond motifs is 1. The molecule has 6 heteroatoms. The van der Waals surface area contributed by atoms with Crippen LogP contribution in [0.3, 0.4) is 0 Å². The van der Waals surface area contributed by atoms with Crippen molar-refractivity contribution in [3.05, 3.63) is 28.9 Å². The van der Waals surface area contributed by atoms with Gasteiger partial charge in [-0.05, 0) is 18.2 Å². The summed E-state index contributed by atoms with van der Waals surface area (Å²) >= 11 is 5.95. The van der Waals surface area contributed by atoms with Gasteiger partial charge in [-0.1, -0.05) is 16.8 Å². The van der Waals surface area contributed by atoms with E-state index in [1.165, 1.54) is 0 Å². The molecule has 1 aliphatic heterocycles. The van der Waals surface area contributed by atoms with Crippen LogP contribution in [-0.2, 0) is 6.42 Å². The van der Waals surface area contributed by atoms with E-state index >= 15 is 0 Å². The number of nitrogens with one attached hydrogen (secondary N) is 1. The van der Waals surface area contributed by atoms with E-state index in [0.29, 0.717) is 11.4 Å². The highest BCUT2D eigenvalue weighted by Crippen LogP contribution is 2.23. The molecule has 0 unspecified atom stereocenters. The summed E-state index contributed by atoms with van der Waals surface area (Å²) in [4.78, 5) is 4.33. The van der Waals surface area contributed by atoms with Gasteiger partial charge in [0.25, 0.3) is 0 Å². The van der Waals surface area contributed by atoms with Crippen LogP contribution in [0.2, 0.25) is 5.02 Å². The number of aliphatic imine (C=N–C) groups is 1. The average Bonchev–Trinajstić information content (AvgIpc) is 2.90. The molecule has 1 aliphatic rings.